The second-order valence-electron chi connectivity index (χ2n) is 3.56. The fourth-order valence-corrected chi connectivity index (χ4v) is 2.68. The van der Waals surface area contributed by atoms with Crippen molar-refractivity contribution >= 4 is 38.8 Å². The first-order valence-electron chi connectivity index (χ1n) is 5.13. The number of thiophene rings is 1. The number of halogens is 1. The molecule has 0 saturated heterocycles. The molecule has 0 aliphatic rings. The van der Waals surface area contributed by atoms with E-state index >= 15 is 0 Å². The average Bonchev–Trinajstić information content (AvgIpc) is 2.95. The van der Waals surface area contributed by atoms with Crippen molar-refractivity contribution in [1.29, 1.82) is 0 Å². The number of fused-ring (bicyclic) bond motifs is 1. The van der Waals surface area contributed by atoms with Gasteiger partial charge in [-0.2, -0.15) is 0 Å². The van der Waals surface area contributed by atoms with Crippen LogP contribution in [0.15, 0.2) is 40.3 Å². The third kappa shape index (κ3) is 2.14. The Morgan fingerprint density at radius 3 is 3.18 bits per heavy atom. The van der Waals surface area contributed by atoms with Crippen molar-refractivity contribution in [3.05, 3.63) is 46.8 Å². The summed E-state index contributed by atoms with van der Waals surface area (Å²) in [5, 5.41) is 5.81. The molecule has 0 aromatic carbocycles. The van der Waals surface area contributed by atoms with Crippen LogP contribution in [0.2, 0.25) is 5.15 Å². The van der Waals surface area contributed by atoms with Gasteiger partial charge in [0.15, 0.2) is 0 Å². The molecule has 17 heavy (non-hydrogen) atoms. The second-order valence-corrected chi connectivity index (χ2v) is 4.86. The molecular weight excluding hydrogens is 256 g/mol. The molecule has 3 nitrogen and oxygen atoms in total. The maximum atomic E-state index is 5.97. The van der Waals surface area contributed by atoms with Crippen LogP contribution in [0, 0.1) is 0 Å². The number of hydrogen-bond donors (Lipinski definition) is 1. The number of nitrogens with zero attached hydrogens (tertiary/aromatic N) is 1. The molecule has 0 saturated carbocycles. The maximum absolute atomic E-state index is 5.97. The molecule has 3 aromatic rings. The monoisotopic (exact) mass is 264 g/mol. The lowest BCUT2D eigenvalue weighted by molar-refractivity contribution is 0.518. The minimum atomic E-state index is 0.498. The SMILES string of the molecule is Clc1cc(NCc2ccco2)c2sccc2n1. The van der Waals surface area contributed by atoms with E-state index in [2.05, 4.69) is 10.3 Å². The van der Waals surface area contributed by atoms with Gasteiger partial charge in [-0.1, -0.05) is 11.6 Å². The number of aromatic nitrogens is 1. The lowest BCUT2D eigenvalue weighted by Crippen LogP contribution is -1.98. The number of furan rings is 1. The Labute approximate surface area is 107 Å². The van der Waals surface area contributed by atoms with Gasteiger partial charge in [-0.25, -0.2) is 4.98 Å². The van der Waals surface area contributed by atoms with Crippen LogP contribution in [0.5, 0.6) is 0 Å². The van der Waals surface area contributed by atoms with Gasteiger partial charge in [0, 0.05) is 6.07 Å². The summed E-state index contributed by atoms with van der Waals surface area (Å²) in [6.07, 6.45) is 1.66. The summed E-state index contributed by atoms with van der Waals surface area (Å²) in [4.78, 5) is 4.25. The summed E-state index contributed by atoms with van der Waals surface area (Å²) in [6, 6.07) is 7.60. The Hall–Kier alpha value is -1.52. The zero-order valence-electron chi connectivity index (χ0n) is 8.81. The zero-order chi connectivity index (χ0) is 11.7. The first-order chi connectivity index (χ1) is 8.33. The molecule has 0 fully saturated rings. The number of nitrogens with one attached hydrogen (secondary N) is 1. The van der Waals surface area contributed by atoms with E-state index in [1.165, 1.54) is 0 Å². The molecule has 86 valence electrons. The molecule has 0 atom stereocenters. The molecule has 0 bridgehead atoms. The second kappa shape index (κ2) is 4.39. The lowest BCUT2D eigenvalue weighted by Gasteiger charge is -2.06. The topological polar surface area (TPSA) is 38.1 Å². The van der Waals surface area contributed by atoms with Crippen LogP contribution in [0.1, 0.15) is 5.76 Å². The lowest BCUT2D eigenvalue weighted by atomic mass is 10.3. The summed E-state index contributed by atoms with van der Waals surface area (Å²) in [6.45, 7) is 0.639. The van der Waals surface area contributed by atoms with Crippen molar-refractivity contribution in [3.8, 4) is 0 Å². The third-order valence-electron chi connectivity index (χ3n) is 2.41. The molecule has 1 N–H and O–H groups in total. The van der Waals surface area contributed by atoms with E-state index in [9.17, 15) is 0 Å². The number of rotatable bonds is 3. The van der Waals surface area contributed by atoms with Gasteiger partial charge in [0.25, 0.3) is 0 Å². The molecule has 3 rings (SSSR count). The molecule has 0 aliphatic heterocycles. The Morgan fingerprint density at radius 2 is 2.35 bits per heavy atom. The van der Waals surface area contributed by atoms with Gasteiger partial charge in [-0.3, -0.25) is 0 Å². The van der Waals surface area contributed by atoms with Crippen LogP contribution in [-0.4, -0.2) is 4.98 Å². The summed E-state index contributed by atoms with van der Waals surface area (Å²) >= 11 is 7.62. The Balaban J connectivity index is 1.91. The van der Waals surface area contributed by atoms with E-state index in [1.54, 1.807) is 17.6 Å². The average molecular weight is 265 g/mol. The van der Waals surface area contributed by atoms with Crippen molar-refractivity contribution < 1.29 is 4.42 Å². The first-order valence-corrected chi connectivity index (χ1v) is 6.39. The summed E-state index contributed by atoms with van der Waals surface area (Å²) < 4.78 is 6.38. The van der Waals surface area contributed by atoms with Crippen LogP contribution in [0.3, 0.4) is 0 Å². The molecule has 0 spiro atoms. The summed E-state index contributed by atoms with van der Waals surface area (Å²) in [7, 11) is 0. The zero-order valence-corrected chi connectivity index (χ0v) is 10.4. The predicted molar refractivity (Wildman–Crippen MR) is 70.7 cm³/mol. The largest absolute Gasteiger partial charge is 0.467 e. The van der Waals surface area contributed by atoms with Gasteiger partial charge < -0.3 is 9.73 Å². The van der Waals surface area contributed by atoms with Gasteiger partial charge in [-0.05, 0) is 23.6 Å². The first kappa shape index (κ1) is 10.6. The summed E-state index contributed by atoms with van der Waals surface area (Å²) in [5.74, 6) is 0.891. The fourth-order valence-electron chi connectivity index (χ4n) is 1.65. The van der Waals surface area contributed by atoms with Gasteiger partial charge in [0.2, 0.25) is 0 Å². The minimum Gasteiger partial charge on any atom is -0.467 e. The van der Waals surface area contributed by atoms with Gasteiger partial charge in [-0.15, -0.1) is 11.3 Å². The molecule has 0 aliphatic carbocycles. The highest BCUT2D eigenvalue weighted by molar-refractivity contribution is 7.17. The number of hydrogen-bond acceptors (Lipinski definition) is 4. The van der Waals surface area contributed by atoms with Crippen molar-refractivity contribution in [2.75, 3.05) is 5.32 Å². The Morgan fingerprint density at radius 1 is 1.41 bits per heavy atom. The minimum absolute atomic E-state index is 0.498. The molecule has 0 amide bonds. The van der Waals surface area contributed by atoms with E-state index < -0.39 is 0 Å². The smallest absolute Gasteiger partial charge is 0.131 e. The highest BCUT2D eigenvalue weighted by Gasteiger charge is 2.06. The Bertz CT molecular complexity index is 633. The van der Waals surface area contributed by atoms with E-state index in [0.717, 1.165) is 21.7 Å². The normalized spacial score (nSPS) is 10.9. The summed E-state index contributed by atoms with van der Waals surface area (Å²) in [5.41, 5.74) is 1.91. The third-order valence-corrected chi connectivity index (χ3v) is 3.54. The van der Waals surface area contributed by atoms with Crippen LogP contribution in [0.4, 0.5) is 5.69 Å². The highest BCUT2D eigenvalue weighted by atomic mass is 35.5. The van der Waals surface area contributed by atoms with E-state index in [0.29, 0.717) is 11.7 Å². The van der Waals surface area contributed by atoms with Crippen molar-refractivity contribution in [2.45, 2.75) is 6.54 Å². The molecule has 3 aromatic heterocycles. The van der Waals surface area contributed by atoms with Crippen molar-refractivity contribution in [3.63, 3.8) is 0 Å². The maximum Gasteiger partial charge on any atom is 0.131 e. The van der Waals surface area contributed by atoms with Crippen LogP contribution < -0.4 is 5.32 Å². The van der Waals surface area contributed by atoms with Gasteiger partial charge in [0.05, 0.1) is 28.7 Å². The highest BCUT2D eigenvalue weighted by Crippen LogP contribution is 2.30. The van der Waals surface area contributed by atoms with E-state index in [1.807, 2.05) is 29.6 Å². The standard InChI is InChI=1S/C12H9ClN2OS/c13-11-6-10(12-9(15-11)3-5-17-12)14-7-8-2-1-4-16-8/h1-6H,7H2,(H,14,15). The number of pyridine rings is 1. The predicted octanol–water partition coefficient (Wildman–Crippen LogP) is 4.15. The Kier molecular flexibility index (Phi) is 2.74. The molecule has 3 heterocycles. The van der Waals surface area contributed by atoms with Crippen LogP contribution >= 0.6 is 22.9 Å². The van der Waals surface area contributed by atoms with E-state index in [4.69, 9.17) is 16.0 Å². The van der Waals surface area contributed by atoms with Gasteiger partial charge in [0.1, 0.15) is 10.9 Å². The van der Waals surface area contributed by atoms with Crippen molar-refractivity contribution in [2.24, 2.45) is 0 Å². The molecule has 0 unspecified atom stereocenters. The fraction of sp³-hybridized carbons (Fsp3) is 0.0833. The molecule has 5 heteroatoms. The van der Waals surface area contributed by atoms with Crippen LogP contribution in [-0.2, 0) is 6.54 Å². The van der Waals surface area contributed by atoms with Crippen molar-refractivity contribution in [1.82, 2.24) is 4.98 Å². The molecular formula is C12H9ClN2OS. The van der Waals surface area contributed by atoms with E-state index in [-0.39, 0.29) is 0 Å². The number of anilines is 1. The van der Waals surface area contributed by atoms with Crippen LogP contribution in [0.25, 0.3) is 10.2 Å². The van der Waals surface area contributed by atoms with Gasteiger partial charge >= 0.3 is 0 Å². The quantitative estimate of drug-likeness (QED) is 0.722. The molecule has 0 radical (unpaired) electrons.